The van der Waals surface area contributed by atoms with Crippen LogP contribution in [-0.2, 0) is 4.74 Å². The number of rotatable bonds is 7. The molecule has 2 nitrogen and oxygen atoms in total. The monoisotopic (exact) mass is 414 g/mol. The summed E-state index contributed by atoms with van der Waals surface area (Å²) in [5, 5.41) is 0. The van der Waals surface area contributed by atoms with Crippen molar-refractivity contribution in [3.63, 3.8) is 0 Å². The van der Waals surface area contributed by atoms with Crippen LogP contribution in [0.25, 0.3) is 0 Å². The molecule has 0 bridgehead atoms. The van der Waals surface area contributed by atoms with E-state index >= 15 is 0 Å². The van der Waals surface area contributed by atoms with Crippen LogP contribution in [0.2, 0.25) is 0 Å². The minimum Gasteiger partial charge on any atom is -0.449 e. The van der Waals surface area contributed by atoms with Crippen LogP contribution in [0.4, 0.5) is 13.2 Å². The average molecular weight is 414 g/mol. The van der Waals surface area contributed by atoms with Crippen molar-refractivity contribution in [3.05, 3.63) is 33.4 Å². The Bertz CT molecular complexity index is 443. The fraction of sp³-hybridized carbons (Fsp3) is 0.533. The van der Waals surface area contributed by atoms with Gasteiger partial charge in [0, 0.05) is 3.57 Å². The molecule has 118 valence electrons. The minimum absolute atomic E-state index is 0.137. The molecule has 21 heavy (non-hydrogen) atoms. The third-order valence-corrected chi connectivity index (χ3v) is 3.73. The van der Waals surface area contributed by atoms with Crippen LogP contribution < -0.4 is 0 Å². The van der Waals surface area contributed by atoms with E-state index in [1.165, 1.54) is 12.1 Å². The zero-order valence-electron chi connectivity index (χ0n) is 11.8. The predicted octanol–water partition coefficient (Wildman–Crippen LogP) is 5.35. The molecule has 0 heterocycles. The minimum atomic E-state index is -4.52. The molecule has 0 aliphatic rings. The number of unbranched alkanes of at least 4 members (excludes halogenated alkanes) is 3. The molecule has 0 amide bonds. The van der Waals surface area contributed by atoms with E-state index in [-0.39, 0.29) is 12.0 Å². The normalized spacial score (nSPS) is 13.0. The van der Waals surface area contributed by atoms with Gasteiger partial charge in [-0.05, 0) is 59.7 Å². The third kappa shape index (κ3) is 6.67. The second-order valence-electron chi connectivity index (χ2n) is 4.79. The van der Waals surface area contributed by atoms with Gasteiger partial charge in [-0.3, -0.25) is 0 Å². The van der Waals surface area contributed by atoms with E-state index in [1.54, 1.807) is 12.1 Å². The first-order valence-corrected chi connectivity index (χ1v) is 7.95. The molecule has 1 aromatic carbocycles. The quantitative estimate of drug-likeness (QED) is 0.342. The van der Waals surface area contributed by atoms with Crippen molar-refractivity contribution in [2.75, 3.05) is 0 Å². The summed E-state index contributed by atoms with van der Waals surface area (Å²) in [4.78, 5) is 11.8. The number of halogens is 4. The van der Waals surface area contributed by atoms with Crippen molar-refractivity contribution >= 4 is 28.6 Å². The van der Waals surface area contributed by atoms with Crippen molar-refractivity contribution in [3.8, 4) is 0 Å². The van der Waals surface area contributed by atoms with E-state index in [9.17, 15) is 18.0 Å². The summed E-state index contributed by atoms with van der Waals surface area (Å²) in [6.07, 6.45) is -3.79. The van der Waals surface area contributed by atoms with Gasteiger partial charge in [-0.25, -0.2) is 4.79 Å². The number of carbonyl (C=O) groups is 1. The van der Waals surface area contributed by atoms with Crippen molar-refractivity contribution in [1.82, 2.24) is 0 Å². The fourth-order valence-electron chi connectivity index (χ4n) is 1.83. The highest BCUT2D eigenvalue weighted by Gasteiger charge is 2.42. The summed E-state index contributed by atoms with van der Waals surface area (Å²) < 4.78 is 44.2. The van der Waals surface area contributed by atoms with Gasteiger partial charge in [0.1, 0.15) is 0 Å². The highest BCUT2D eigenvalue weighted by Crippen LogP contribution is 2.28. The van der Waals surface area contributed by atoms with E-state index in [1.807, 2.05) is 6.92 Å². The Kier molecular flexibility index (Phi) is 7.48. The van der Waals surface area contributed by atoms with Crippen molar-refractivity contribution in [1.29, 1.82) is 0 Å². The van der Waals surface area contributed by atoms with Gasteiger partial charge in [-0.1, -0.05) is 26.2 Å². The smallest absolute Gasteiger partial charge is 0.425 e. The van der Waals surface area contributed by atoms with Crippen molar-refractivity contribution in [2.24, 2.45) is 0 Å². The Labute approximate surface area is 136 Å². The number of carbonyl (C=O) groups excluding carboxylic acids is 1. The van der Waals surface area contributed by atoms with Gasteiger partial charge in [0.05, 0.1) is 5.56 Å². The van der Waals surface area contributed by atoms with Crippen LogP contribution >= 0.6 is 22.6 Å². The Morgan fingerprint density at radius 2 is 1.81 bits per heavy atom. The zero-order valence-corrected chi connectivity index (χ0v) is 13.9. The zero-order chi connectivity index (χ0) is 15.9. The van der Waals surface area contributed by atoms with E-state index in [0.29, 0.717) is 12.8 Å². The molecule has 0 aliphatic heterocycles. The summed E-state index contributed by atoms with van der Waals surface area (Å²) in [5.74, 6) is -0.927. The molecule has 1 rings (SSSR count). The maximum Gasteiger partial charge on any atom is 0.425 e. The number of benzene rings is 1. The first-order valence-electron chi connectivity index (χ1n) is 6.88. The highest BCUT2D eigenvalue weighted by molar-refractivity contribution is 14.1. The third-order valence-electron chi connectivity index (χ3n) is 3.01. The number of alkyl halides is 3. The van der Waals surface area contributed by atoms with E-state index in [0.717, 1.165) is 16.4 Å². The summed E-state index contributed by atoms with van der Waals surface area (Å²) in [5.41, 5.74) is 0.137. The van der Waals surface area contributed by atoms with Crippen molar-refractivity contribution < 1.29 is 22.7 Å². The maximum absolute atomic E-state index is 12.9. The summed E-state index contributed by atoms with van der Waals surface area (Å²) >= 11 is 2.05. The van der Waals surface area contributed by atoms with Crippen LogP contribution in [0.1, 0.15) is 49.4 Å². The lowest BCUT2D eigenvalue weighted by Gasteiger charge is -2.20. The lowest BCUT2D eigenvalue weighted by atomic mass is 10.1. The van der Waals surface area contributed by atoms with Gasteiger partial charge < -0.3 is 4.74 Å². The Balaban J connectivity index is 2.63. The number of hydrogen-bond acceptors (Lipinski definition) is 2. The topological polar surface area (TPSA) is 26.3 Å². The summed E-state index contributed by atoms with van der Waals surface area (Å²) in [6.45, 7) is 1.98. The molecule has 0 saturated heterocycles. The Morgan fingerprint density at radius 3 is 2.33 bits per heavy atom. The molecule has 0 aliphatic carbocycles. The summed E-state index contributed by atoms with van der Waals surface area (Å²) in [7, 11) is 0. The molecule has 1 aromatic rings. The number of esters is 1. The SMILES string of the molecule is CCCCCCC(OC(=O)c1ccc(I)cc1)C(F)(F)F. The maximum atomic E-state index is 12.9. The summed E-state index contributed by atoms with van der Waals surface area (Å²) in [6, 6.07) is 6.24. The Morgan fingerprint density at radius 1 is 1.19 bits per heavy atom. The fourth-order valence-corrected chi connectivity index (χ4v) is 2.19. The second-order valence-corrected chi connectivity index (χ2v) is 6.04. The molecule has 6 heteroatoms. The Hall–Kier alpha value is -0.790. The van der Waals surface area contributed by atoms with Gasteiger partial charge in [-0.2, -0.15) is 13.2 Å². The molecule has 0 fully saturated rings. The van der Waals surface area contributed by atoms with Crippen LogP contribution in [0, 0.1) is 3.57 Å². The van der Waals surface area contributed by atoms with Crippen LogP contribution in [0.15, 0.2) is 24.3 Å². The van der Waals surface area contributed by atoms with Gasteiger partial charge >= 0.3 is 12.1 Å². The largest absolute Gasteiger partial charge is 0.449 e. The van der Waals surface area contributed by atoms with E-state index in [4.69, 9.17) is 0 Å². The number of hydrogen-bond donors (Lipinski definition) is 0. The highest BCUT2D eigenvalue weighted by atomic mass is 127. The van der Waals surface area contributed by atoms with Gasteiger partial charge in [-0.15, -0.1) is 0 Å². The molecule has 0 N–H and O–H groups in total. The molecule has 0 spiro atoms. The molecule has 0 radical (unpaired) electrons. The lowest BCUT2D eigenvalue weighted by molar-refractivity contribution is -0.206. The van der Waals surface area contributed by atoms with Crippen LogP contribution in [0.3, 0.4) is 0 Å². The van der Waals surface area contributed by atoms with Crippen molar-refractivity contribution in [2.45, 2.75) is 51.3 Å². The molecular weight excluding hydrogens is 396 g/mol. The van der Waals surface area contributed by atoms with Gasteiger partial charge in [0.2, 0.25) is 0 Å². The molecule has 0 saturated carbocycles. The molecule has 1 unspecified atom stereocenters. The van der Waals surface area contributed by atoms with Crippen LogP contribution in [-0.4, -0.2) is 18.2 Å². The molecule has 0 aromatic heterocycles. The van der Waals surface area contributed by atoms with Crippen LogP contribution in [0.5, 0.6) is 0 Å². The molecule has 1 atom stereocenters. The van der Waals surface area contributed by atoms with Gasteiger partial charge in [0.15, 0.2) is 6.10 Å². The first kappa shape index (κ1) is 18.3. The number of ether oxygens (including phenoxy) is 1. The van der Waals surface area contributed by atoms with E-state index < -0.39 is 18.2 Å². The average Bonchev–Trinajstić information content (AvgIpc) is 2.41. The lowest BCUT2D eigenvalue weighted by Crippen LogP contribution is -2.33. The first-order chi connectivity index (χ1) is 9.84. The van der Waals surface area contributed by atoms with Gasteiger partial charge in [0.25, 0.3) is 0 Å². The molecular formula is C15H18F3IO2. The predicted molar refractivity (Wildman–Crippen MR) is 83.2 cm³/mol. The van der Waals surface area contributed by atoms with E-state index in [2.05, 4.69) is 27.3 Å². The second kappa shape index (κ2) is 8.60. The standard InChI is InChI=1S/C15H18F3IO2/c1-2-3-4-5-6-13(15(16,17)18)21-14(20)11-7-9-12(19)10-8-11/h7-10,13H,2-6H2,1H3.